The number of oxime groups is 2. The van der Waals surface area contributed by atoms with Crippen LogP contribution in [-0.2, 0) is 47.9 Å². The van der Waals surface area contributed by atoms with Crippen molar-refractivity contribution >= 4 is 46.5 Å². The third-order valence-corrected chi connectivity index (χ3v) is 19.2. The maximum atomic E-state index is 14.2. The third kappa shape index (κ3) is 6.60. The maximum absolute atomic E-state index is 14.2. The molecule has 8 aliphatic carbocycles. The third-order valence-electron chi connectivity index (χ3n) is 19.2. The van der Waals surface area contributed by atoms with Crippen molar-refractivity contribution in [1.29, 1.82) is 0 Å². The summed E-state index contributed by atoms with van der Waals surface area (Å²) >= 11 is 0. The van der Waals surface area contributed by atoms with Crippen molar-refractivity contribution in [2.24, 2.45) is 79.3 Å². The Labute approximate surface area is 363 Å². The van der Waals surface area contributed by atoms with Gasteiger partial charge in [0.15, 0.2) is 12.2 Å². The van der Waals surface area contributed by atoms with E-state index in [1.54, 1.807) is 0 Å². The first-order chi connectivity index (χ1) is 29.6. The zero-order valence-corrected chi connectivity index (χ0v) is 36.8. The highest BCUT2D eigenvalue weighted by Crippen LogP contribution is 2.66. The molecule has 0 aromatic carbocycles. The fourth-order valence-corrected chi connectivity index (χ4v) is 15.2. The van der Waals surface area contributed by atoms with Gasteiger partial charge >= 0.3 is 11.9 Å². The van der Waals surface area contributed by atoms with Crippen molar-refractivity contribution in [1.82, 2.24) is 10.6 Å². The Hall–Kier alpha value is -3.78. The van der Waals surface area contributed by atoms with E-state index in [1.165, 1.54) is 0 Å². The van der Waals surface area contributed by atoms with Gasteiger partial charge < -0.3 is 29.8 Å². The Bertz CT molecular complexity index is 1890. The maximum Gasteiger partial charge on any atom is 0.331 e. The van der Waals surface area contributed by atoms with E-state index in [4.69, 9.17) is 19.1 Å². The lowest BCUT2D eigenvalue weighted by atomic mass is 9.44. The van der Waals surface area contributed by atoms with E-state index in [0.29, 0.717) is 101 Å². The van der Waals surface area contributed by atoms with E-state index in [-0.39, 0.29) is 59.3 Å². The van der Waals surface area contributed by atoms with E-state index < -0.39 is 57.6 Å². The van der Waals surface area contributed by atoms with E-state index in [1.807, 2.05) is 0 Å². The van der Waals surface area contributed by atoms with Crippen LogP contribution in [0, 0.1) is 69.0 Å². The summed E-state index contributed by atoms with van der Waals surface area (Å²) in [7, 11) is 0. The fraction of sp³-hybridized carbons (Fsp3) is 0.792. The monoisotopic (exact) mass is 856 g/mol. The number of Topliss-reactive ketones (excluding diaryl/α,β-unsaturated/α-hetero) is 4. The number of ether oxygens (including phenoxy) is 2. The first-order valence-corrected chi connectivity index (χ1v) is 23.7. The summed E-state index contributed by atoms with van der Waals surface area (Å²) in [5, 5.41) is 15.4. The number of rotatable bonds is 8. The number of nitrogens with one attached hydrogen (secondary N) is 2. The average molecular weight is 857 g/mol. The van der Waals surface area contributed by atoms with Crippen LogP contribution < -0.4 is 10.6 Å². The Morgan fingerprint density at radius 3 is 1.34 bits per heavy atom. The number of ketones is 4. The topological polar surface area (TPSA) is 188 Å². The van der Waals surface area contributed by atoms with Gasteiger partial charge in [-0.3, -0.25) is 19.2 Å². The lowest BCUT2D eigenvalue weighted by Gasteiger charge is -2.60. The molecule has 14 heteroatoms. The zero-order chi connectivity index (χ0) is 43.3. The molecule has 2 N–H and O–H groups in total. The largest absolute Gasteiger partial charge is 0.458 e. The lowest BCUT2D eigenvalue weighted by molar-refractivity contribution is -0.183. The minimum absolute atomic E-state index is 0.0275. The molecule has 14 nitrogen and oxygen atoms in total. The highest BCUT2D eigenvalue weighted by Gasteiger charge is 2.67. The van der Waals surface area contributed by atoms with E-state index in [9.17, 15) is 28.8 Å². The molecule has 62 heavy (non-hydrogen) atoms. The molecule has 14 atom stereocenters. The number of carbonyl (C=O) groups excluding carboxylic acids is 6. The van der Waals surface area contributed by atoms with Crippen molar-refractivity contribution in [2.45, 2.75) is 142 Å². The second-order valence-electron chi connectivity index (χ2n) is 21.9. The van der Waals surface area contributed by atoms with Gasteiger partial charge in [-0.1, -0.05) is 38.0 Å². The second-order valence-corrected chi connectivity index (χ2v) is 21.9. The normalized spacial score (nSPS) is 46.5. The summed E-state index contributed by atoms with van der Waals surface area (Å²) < 4.78 is 12.7. The molecular weight excluding hydrogens is 793 g/mol. The first-order valence-electron chi connectivity index (χ1n) is 23.7. The lowest BCUT2D eigenvalue weighted by Crippen LogP contribution is -2.62. The molecule has 0 aromatic rings. The highest BCUT2D eigenvalue weighted by molar-refractivity contribution is 5.97. The van der Waals surface area contributed by atoms with Crippen LogP contribution in [-0.4, -0.2) is 97.1 Å². The molecule has 0 amide bonds. The standard InChI is InChI=1S/C48H64N4O10/c1-45-13-11-33-29(31(45)5-7-39(45)55)19-37(53)35-15-25(51-61-27-21-49-22-27)17-41(47(33,35)3)59-43(57)9-10-44(58)60-42-18-26(52-62-28-23-50-24-28)16-36-38(54)20-30-32-6-8-40(56)46(32,2)14-12-34(30)48(36,42)4/h9-10,27-36,41-42,49-50H,5-8,11-24H2,1-4H3/b10-9+,51-25?,52-26?/t29-,30-,31-,32-,33+,34+,35?,36?,41?,42?,45-,46-,47+,48+/m0/s1. The average Bonchev–Trinajstić information content (AvgIpc) is 3.68. The van der Waals surface area contributed by atoms with E-state index >= 15 is 0 Å². The molecule has 336 valence electrons. The van der Waals surface area contributed by atoms with Crippen LogP contribution in [0.15, 0.2) is 22.5 Å². The summed E-state index contributed by atoms with van der Waals surface area (Å²) in [6, 6.07) is 0. The summed E-state index contributed by atoms with van der Waals surface area (Å²) in [5.41, 5.74) is -0.871. The predicted octanol–water partition coefficient (Wildman–Crippen LogP) is 4.86. The van der Waals surface area contributed by atoms with Crippen LogP contribution in [0.2, 0.25) is 0 Å². The number of hydrogen-bond acceptors (Lipinski definition) is 14. The minimum atomic E-state index is -0.716. The number of hydrogen-bond donors (Lipinski definition) is 2. The summed E-state index contributed by atoms with van der Waals surface area (Å²) in [6.45, 7) is 11.1. The number of nitrogens with zero attached hydrogens (tertiary/aromatic N) is 2. The number of fused-ring (bicyclic) bond motifs is 10. The van der Waals surface area contributed by atoms with Crippen molar-refractivity contribution < 1.29 is 47.9 Å². The molecule has 0 spiro atoms. The van der Waals surface area contributed by atoms with Crippen LogP contribution in [0.5, 0.6) is 0 Å². The summed E-state index contributed by atoms with van der Waals surface area (Å²) in [6.07, 6.45) is 8.73. The molecule has 0 radical (unpaired) electrons. The van der Waals surface area contributed by atoms with Crippen LogP contribution in [0.25, 0.3) is 0 Å². The Morgan fingerprint density at radius 2 is 0.968 bits per heavy atom. The zero-order valence-electron chi connectivity index (χ0n) is 36.8. The molecule has 2 aliphatic heterocycles. The molecule has 0 aromatic heterocycles. The number of esters is 2. The molecule has 2 saturated heterocycles. The Kier molecular flexibility index (Phi) is 10.5. The van der Waals surface area contributed by atoms with Crippen LogP contribution in [0.1, 0.15) is 118 Å². The van der Waals surface area contributed by atoms with Crippen molar-refractivity contribution in [3.63, 3.8) is 0 Å². The van der Waals surface area contributed by atoms with Gasteiger partial charge in [0, 0.05) is 110 Å². The molecule has 10 aliphatic rings. The predicted molar refractivity (Wildman–Crippen MR) is 224 cm³/mol. The molecule has 10 rings (SSSR count). The van der Waals surface area contributed by atoms with Crippen molar-refractivity contribution in [2.75, 3.05) is 26.2 Å². The van der Waals surface area contributed by atoms with Gasteiger partial charge in [-0.05, 0) is 86.9 Å². The van der Waals surface area contributed by atoms with Gasteiger partial charge in [0.05, 0.1) is 11.4 Å². The number of carbonyl (C=O) groups is 6. The van der Waals surface area contributed by atoms with Gasteiger partial charge in [0.1, 0.15) is 35.3 Å². The van der Waals surface area contributed by atoms with Gasteiger partial charge in [-0.25, -0.2) is 9.59 Å². The van der Waals surface area contributed by atoms with E-state index in [2.05, 4.69) is 48.6 Å². The molecule has 2 heterocycles. The second kappa shape index (κ2) is 15.4. The Morgan fingerprint density at radius 1 is 0.565 bits per heavy atom. The van der Waals surface area contributed by atoms with Crippen molar-refractivity contribution in [3.05, 3.63) is 12.2 Å². The summed E-state index contributed by atoms with van der Waals surface area (Å²) in [5.74, 6) is -1.00. The van der Waals surface area contributed by atoms with Crippen LogP contribution in [0.3, 0.4) is 0 Å². The highest BCUT2D eigenvalue weighted by atomic mass is 16.6. The van der Waals surface area contributed by atoms with Crippen LogP contribution >= 0.6 is 0 Å². The molecule has 0 bridgehead atoms. The molecule has 8 saturated carbocycles. The van der Waals surface area contributed by atoms with Gasteiger partial charge in [0.2, 0.25) is 0 Å². The molecule has 10 fully saturated rings. The minimum Gasteiger partial charge on any atom is -0.458 e. The molecular formula is C48H64N4O10. The van der Waals surface area contributed by atoms with Crippen LogP contribution in [0.4, 0.5) is 0 Å². The van der Waals surface area contributed by atoms with Gasteiger partial charge in [-0.15, -0.1) is 0 Å². The van der Waals surface area contributed by atoms with Gasteiger partial charge in [0.25, 0.3) is 0 Å². The van der Waals surface area contributed by atoms with Crippen molar-refractivity contribution in [3.8, 4) is 0 Å². The molecule has 4 unspecified atom stereocenters. The SMILES string of the molecule is C[C@]12C(OC(=O)/C=C/C(=O)OC3CC(=NOC4CNC4)CC4C(=O)C[C@@H]5[C@@H](CC[C@]6(C)C(=O)CC[C@@H]56)[C@@]34C)CC(=NOC3CNC3)CC1C(=O)C[C@@H]1[C@H]2CC[C@]2(C)C(=O)CC[C@@H]12. The van der Waals surface area contributed by atoms with E-state index in [0.717, 1.165) is 50.7 Å². The quantitative estimate of drug-likeness (QED) is 0.192. The first kappa shape index (κ1) is 42.2. The smallest absolute Gasteiger partial charge is 0.331 e. The Balaban J connectivity index is 0.893. The fourth-order valence-electron chi connectivity index (χ4n) is 15.2. The summed E-state index contributed by atoms with van der Waals surface area (Å²) in [4.78, 5) is 94.3. The van der Waals surface area contributed by atoms with Gasteiger partial charge in [-0.2, -0.15) is 0 Å².